The van der Waals surface area contributed by atoms with Crippen LogP contribution in [-0.2, 0) is 14.8 Å². The fourth-order valence-corrected chi connectivity index (χ4v) is 4.81. The maximum Gasteiger partial charge on any atom is 0.244 e. The van der Waals surface area contributed by atoms with Gasteiger partial charge in [-0.3, -0.25) is 4.79 Å². The van der Waals surface area contributed by atoms with E-state index in [0.29, 0.717) is 15.5 Å². The first-order valence-corrected chi connectivity index (χ1v) is 8.80. The van der Waals surface area contributed by atoms with Crippen LogP contribution in [0.15, 0.2) is 26.0 Å². The van der Waals surface area contributed by atoms with Crippen LogP contribution in [0, 0.1) is 0 Å². The number of sulfonamides is 1. The summed E-state index contributed by atoms with van der Waals surface area (Å²) in [7, 11) is -3.90. The lowest BCUT2D eigenvalue weighted by Crippen LogP contribution is -2.44. The number of nitrogens with two attached hydrogens (primary N) is 1. The quantitative estimate of drug-likeness (QED) is 0.619. The molecule has 0 saturated heterocycles. The minimum absolute atomic E-state index is 0.0850. The highest BCUT2D eigenvalue weighted by molar-refractivity contribution is 9.11. The molecule has 0 aliphatic rings. The molecule has 4 N–H and O–H groups in total. The maximum atomic E-state index is 12.3. The molecule has 0 spiro atoms. The lowest BCUT2D eigenvalue weighted by atomic mass is 10.3. The number of nitrogen functional groups attached to an aromatic ring is 1. The van der Waals surface area contributed by atoms with Crippen LogP contribution >= 0.6 is 31.9 Å². The summed E-state index contributed by atoms with van der Waals surface area (Å²) >= 11 is 6.38. The van der Waals surface area contributed by atoms with Crippen molar-refractivity contribution in [2.45, 2.75) is 24.8 Å². The second-order valence-corrected chi connectivity index (χ2v) is 7.46. The molecule has 1 rings (SSSR count). The molecule has 9 heteroatoms. The molecular formula is C11H15Br2N3O3S. The van der Waals surface area contributed by atoms with E-state index in [1.54, 1.807) is 13.0 Å². The fourth-order valence-electron chi connectivity index (χ4n) is 1.54. The summed E-state index contributed by atoms with van der Waals surface area (Å²) < 4.78 is 27.8. The molecule has 1 atom stereocenters. The molecule has 0 saturated carbocycles. The molecule has 0 radical (unpaired) electrons. The molecule has 0 heterocycles. The Morgan fingerprint density at radius 1 is 1.40 bits per heavy atom. The molecule has 0 fully saturated rings. The first-order chi connectivity index (χ1) is 9.19. The van der Waals surface area contributed by atoms with E-state index in [4.69, 9.17) is 5.73 Å². The van der Waals surface area contributed by atoms with E-state index in [0.717, 1.165) is 0 Å². The van der Waals surface area contributed by atoms with Crippen molar-refractivity contribution in [3.8, 4) is 0 Å². The van der Waals surface area contributed by atoms with Gasteiger partial charge in [-0.2, -0.15) is 4.72 Å². The van der Waals surface area contributed by atoms with Gasteiger partial charge < -0.3 is 11.1 Å². The van der Waals surface area contributed by atoms with Crippen molar-refractivity contribution >= 4 is 53.5 Å². The number of likely N-dealkylation sites (N-methyl/N-ethyl adjacent to an activating group) is 1. The second-order valence-electron chi connectivity index (χ2n) is 4.04. The van der Waals surface area contributed by atoms with Crippen molar-refractivity contribution in [3.05, 3.63) is 21.1 Å². The van der Waals surface area contributed by atoms with Gasteiger partial charge in [0, 0.05) is 15.5 Å². The standard InChI is InChI=1S/C11H15Br2N3O3S/c1-3-15-11(17)6(2)16-20(18,19)10-8(13)4-7(12)5-9(10)14/h4-6,16H,3,14H2,1-2H3,(H,15,17). The van der Waals surface area contributed by atoms with Gasteiger partial charge in [0.2, 0.25) is 15.9 Å². The van der Waals surface area contributed by atoms with Gasteiger partial charge >= 0.3 is 0 Å². The van der Waals surface area contributed by atoms with E-state index < -0.39 is 22.0 Å². The highest BCUT2D eigenvalue weighted by atomic mass is 79.9. The molecule has 1 amide bonds. The predicted molar refractivity (Wildman–Crippen MR) is 84.7 cm³/mol. The van der Waals surface area contributed by atoms with Gasteiger partial charge in [-0.05, 0) is 41.9 Å². The highest BCUT2D eigenvalue weighted by Gasteiger charge is 2.26. The van der Waals surface area contributed by atoms with Crippen LogP contribution in [0.5, 0.6) is 0 Å². The van der Waals surface area contributed by atoms with Gasteiger partial charge in [0.05, 0.1) is 11.7 Å². The lowest BCUT2D eigenvalue weighted by Gasteiger charge is -2.16. The fraction of sp³-hybridized carbons (Fsp3) is 0.364. The third-order valence-corrected chi connectivity index (χ3v) is 5.38. The molecule has 0 aliphatic carbocycles. The van der Waals surface area contributed by atoms with E-state index in [1.807, 2.05) is 0 Å². The smallest absolute Gasteiger partial charge is 0.244 e. The average molecular weight is 429 g/mol. The number of hydrogen-bond donors (Lipinski definition) is 3. The van der Waals surface area contributed by atoms with E-state index in [-0.39, 0.29) is 10.6 Å². The normalized spacial score (nSPS) is 13.0. The Kier molecular flexibility index (Phi) is 5.99. The Morgan fingerprint density at radius 2 is 2.00 bits per heavy atom. The van der Waals surface area contributed by atoms with E-state index in [1.165, 1.54) is 13.0 Å². The Morgan fingerprint density at radius 3 is 2.50 bits per heavy atom. The summed E-state index contributed by atoms with van der Waals surface area (Å²) in [5.41, 5.74) is 5.82. The predicted octanol–water partition coefficient (Wildman–Crippen LogP) is 1.60. The number of amides is 1. The van der Waals surface area contributed by atoms with Crippen molar-refractivity contribution in [1.82, 2.24) is 10.0 Å². The Labute approximate surface area is 134 Å². The topological polar surface area (TPSA) is 101 Å². The lowest BCUT2D eigenvalue weighted by molar-refractivity contribution is -0.122. The first-order valence-electron chi connectivity index (χ1n) is 5.73. The van der Waals surface area contributed by atoms with Gasteiger partial charge in [0.15, 0.2) is 0 Å². The minimum Gasteiger partial charge on any atom is -0.398 e. The van der Waals surface area contributed by atoms with E-state index in [2.05, 4.69) is 41.9 Å². The van der Waals surface area contributed by atoms with Gasteiger partial charge in [0.1, 0.15) is 4.90 Å². The number of nitrogens with one attached hydrogen (secondary N) is 2. The molecule has 6 nitrogen and oxygen atoms in total. The van der Waals surface area contributed by atoms with Crippen molar-refractivity contribution in [2.24, 2.45) is 0 Å². The Hall–Kier alpha value is -0.640. The zero-order valence-corrected chi connectivity index (χ0v) is 14.9. The zero-order valence-electron chi connectivity index (χ0n) is 10.9. The molecular weight excluding hydrogens is 414 g/mol. The third kappa shape index (κ3) is 4.18. The summed E-state index contributed by atoms with van der Waals surface area (Å²) in [6.07, 6.45) is 0. The summed E-state index contributed by atoms with van der Waals surface area (Å²) in [5, 5.41) is 2.54. The minimum atomic E-state index is -3.90. The van der Waals surface area contributed by atoms with E-state index in [9.17, 15) is 13.2 Å². The maximum absolute atomic E-state index is 12.3. The summed E-state index contributed by atoms with van der Waals surface area (Å²) in [6, 6.07) is 2.16. The van der Waals surface area contributed by atoms with Gasteiger partial charge in [-0.1, -0.05) is 15.9 Å². The Balaban J connectivity index is 3.10. The number of carbonyl (C=O) groups excluding carboxylic acids is 1. The SMILES string of the molecule is CCNC(=O)C(C)NS(=O)(=O)c1c(N)cc(Br)cc1Br. The number of rotatable bonds is 5. The third-order valence-electron chi connectivity index (χ3n) is 2.38. The van der Waals surface area contributed by atoms with Crippen LogP contribution in [0.3, 0.4) is 0 Å². The molecule has 1 aromatic carbocycles. The second kappa shape index (κ2) is 6.88. The Bertz CT molecular complexity index is 596. The van der Waals surface area contributed by atoms with E-state index >= 15 is 0 Å². The van der Waals surface area contributed by atoms with Crippen molar-refractivity contribution in [1.29, 1.82) is 0 Å². The number of anilines is 1. The molecule has 112 valence electrons. The number of halogens is 2. The summed E-state index contributed by atoms with van der Waals surface area (Å²) in [4.78, 5) is 11.5. The van der Waals surface area contributed by atoms with Crippen LogP contribution < -0.4 is 15.8 Å². The molecule has 0 bridgehead atoms. The largest absolute Gasteiger partial charge is 0.398 e. The van der Waals surface area contributed by atoms with Gasteiger partial charge in [0.25, 0.3) is 0 Å². The van der Waals surface area contributed by atoms with Crippen LogP contribution in [0.25, 0.3) is 0 Å². The monoisotopic (exact) mass is 427 g/mol. The van der Waals surface area contributed by atoms with Gasteiger partial charge in [-0.25, -0.2) is 8.42 Å². The molecule has 1 aromatic rings. The zero-order chi connectivity index (χ0) is 15.5. The highest BCUT2D eigenvalue weighted by Crippen LogP contribution is 2.31. The molecule has 1 unspecified atom stereocenters. The van der Waals surface area contributed by atoms with Crippen LogP contribution in [0.1, 0.15) is 13.8 Å². The number of benzene rings is 1. The van der Waals surface area contributed by atoms with Gasteiger partial charge in [-0.15, -0.1) is 0 Å². The molecule has 0 aromatic heterocycles. The summed E-state index contributed by atoms with van der Waals surface area (Å²) in [6.45, 7) is 3.64. The van der Waals surface area contributed by atoms with Crippen LogP contribution in [-0.4, -0.2) is 26.9 Å². The number of hydrogen-bond acceptors (Lipinski definition) is 4. The molecule has 20 heavy (non-hydrogen) atoms. The van der Waals surface area contributed by atoms with Crippen molar-refractivity contribution < 1.29 is 13.2 Å². The number of carbonyl (C=O) groups is 1. The average Bonchev–Trinajstić information content (AvgIpc) is 2.26. The van der Waals surface area contributed by atoms with Crippen molar-refractivity contribution in [3.63, 3.8) is 0 Å². The van der Waals surface area contributed by atoms with Crippen molar-refractivity contribution in [2.75, 3.05) is 12.3 Å². The first kappa shape index (κ1) is 17.4. The summed E-state index contributed by atoms with van der Waals surface area (Å²) in [5.74, 6) is -0.400. The van der Waals surface area contributed by atoms with Crippen LogP contribution in [0.4, 0.5) is 5.69 Å². The molecule has 0 aliphatic heterocycles. The van der Waals surface area contributed by atoms with Crippen LogP contribution in [0.2, 0.25) is 0 Å².